The minimum absolute atomic E-state index is 0.807. The molecule has 1 aliphatic heterocycles. The van der Waals surface area contributed by atoms with Gasteiger partial charge in [-0.2, -0.15) is 0 Å². The average Bonchev–Trinajstić information content (AvgIpc) is 2.04. The van der Waals surface area contributed by atoms with Crippen molar-refractivity contribution in [1.29, 1.82) is 0 Å². The molecule has 1 atom stereocenters. The highest BCUT2D eigenvalue weighted by molar-refractivity contribution is 9.09. The first-order valence-electron chi connectivity index (χ1n) is 5.04. The SMILES string of the molecule is CC(C)CN1CCCCC1CBr. The van der Waals surface area contributed by atoms with Gasteiger partial charge in [-0.1, -0.05) is 36.2 Å². The van der Waals surface area contributed by atoms with Crippen molar-refractivity contribution < 1.29 is 0 Å². The number of nitrogens with zero attached hydrogens (tertiary/aromatic N) is 1. The normalized spacial score (nSPS) is 26.5. The highest BCUT2D eigenvalue weighted by Crippen LogP contribution is 2.19. The van der Waals surface area contributed by atoms with Crippen LogP contribution in [-0.4, -0.2) is 29.4 Å². The van der Waals surface area contributed by atoms with Crippen LogP contribution in [0.5, 0.6) is 0 Å². The van der Waals surface area contributed by atoms with Crippen LogP contribution in [0.4, 0.5) is 0 Å². The lowest BCUT2D eigenvalue weighted by Crippen LogP contribution is -2.42. The van der Waals surface area contributed by atoms with E-state index in [0.717, 1.165) is 17.3 Å². The van der Waals surface area contributed by atoms with Gasteiger partial charge < -0.3 is 0 Å². The zero-order valence-electron chi connectivity index (χ0n) is 8.22. The standard InChI is InChI=1S/C10H20BrN/c1-9(2)8-12-6-4-3-5-10(12)7-11/h9-10H,3-8H2,1-2H3. The number of alkyl halides is 1. The molecule has 1 nitrogen and oxygen atoms in total. The Bertz CT molecular complexity index is 125. The second-order valence-electron chi connectivity index (χ2n) is 4.19. The number of piperidine rings is 1. The molecule has 0 aliphatic carbocycles. The number of hydrogen-bond acceptors (Lipinski definition) is 1. The van der Waals surface area contributed by atoms with E-state index in [0.29, 0.717) is 0 Å². The minimum Gasteiger partial charge on any atom is -0.299 e. The molecule has 1 fully saturated rings. The molecule has 0 amide bonds. The van der Waals surface area contributed by atoms with E-state index >= 15 is 0 Å². The van der Waals surface area contributed by atoms with Gasteiger partial charge in [-0.15, -0.1) is 0 Å². The summed E-state index contributed by atoms with van der Waals surface area (Å²) in [6, 6.07) is 0.807. The van der Waals surface area contributed by atoms with Crippen molar-refractivity contribution in [3.63, 3.8) is 0 Å². The summed E-state index contributed by atoms with van der Waals surface area (Å²) in [5.41, 5.74) is 0. The number of likely N-dealkylation sites (tertiary alicyclic amines) is 1. The molecule has 0 radical (unpaired) electrons. The molecule has 0 spiro atoms. The predicted molar refractivity (Wildman–Crippen MR) is 57.8 cm³/mol. The molecule has 0 N–H and O–H groups in total. The fourth-order valence-electron chi connectivity index (χ4n) is 1.94. The van der Waals surface area contributed by atoms with Gasteiger partial charge in [0.05, 0.1) is 0 Å². The quantitative estimate of drug-likeness (QED) is 0.679. The third kappa shape index (κ3) is 3.06. The fourth-order valence-corrected chi connectivity index (χ4v) is 2.68. The summed E-state index contributed by atoms with van der Waals surface area (Å²) in [6.45, 7) is 7.20. The van der Waals surface area contributed by atoms with Crippen LogP contribution < -0.4 is 0 Å². The first-order chi connectivity index (χ1) is 5.74. The van der Waals surface area contributed by atoms with Crippen LogP contribution in [0, 0.1) is 5.92 Å². The average molecular weight is 234 g/mol. The third-order valence-corrected chi connectivity index (χ3v) is 3.27. The molecule has 0 saturated carbocycles. The van der Waals surface area contributed by atoms with E-state index in [2.05, 4.69) is 34.7 Å². The summed E-state index contributed by atoms with van der Waals surface area (Å²) >= 11 is 3.60. The van der Waals surface area contributed by atoms with Crippen LogP contribution in [0.25, 0.3) is 0 Å². The summed E-state index contributed by atoms with van der Waals surface area (Å²) in [5.74, 6) is 0.810. The van der Waals surface area contributed by atoms with Crippen LogP contribution in [0.1, 0.15) is 33.1 Å². The van der Waals surface area contributed by atoms with Crippen molar-refractivity contribution in [1.82, 2.24) is 4.90 Å². The van der Waals surface area contributed by atoms with E-state index < -0.39 is 0 Å². The minimum atomic E-state index is 0.807. The van der Waals surface area contributed by atoms with E-state index in [9.17, 15) is 0 Å². The first-order valence-corrected chi connectivity index (χ1v) is 6.16. The maximum Gasteiger partial charge on any atom is 0.0192 e. The lowest BCUT2D eigenvalue weighted by atomic mass is 10.0. The van der Waals surface area contributed by atoms with Crippen LogP contribution in [0.2, 0.25) is 0 Å². The van der Waals surface area contributed by atoms with Gasteiger partial charge in [-0.05, 0) is 25.3 Å². The molecule has 0 bridgehead atoms. The molecule has 0 aromatic rings. The maximum absolute atomic E-state index is 3.60. The van der Waals surface area contributed by atoms with Gasteiger partial charge in [-0.25, -0.2) is 0 Å². The van der Waals surface area contributed by atoms with Crippen molar-refractivity contribution >= 4 is 15.9 Å². The van der Waals surface area contributed by atoms with Gasteiger partial charge in [0, 0.05) is 17.9 Å². The monoisotopic (exact) mass is 233 g/mol. The van der Waals surface area contributed by atoms with Crippen LogP contribution in [-0.2, 0) is 0 Å². The first kappa shape index (κ1) is 10.5. The molecule has 1 saturated heterocycles. The number of rotatable bonds is 3. The molecule has 12 heavy (non-hydrogen) atoms. The number of hydrogen-bond donors (Lipinski definition) is 0. The van der Waals surface area contributed by atoms with E-state index in [-0.39, 0.29) is 0 Å². The molecule has 1 heterocycles. The Morgan fingerprint density at radius 3 is 2.75 bits per heavy atom. The Morgan fingerprint density at radius 2 is 2.17 bits per heavy atom. The molecular weight excluding hydrogens is 214 g/mol. The van der Waals surface area contributed by atoms with Crippen LogP contribution in [0.15, 0.2) is 0 Å². The Balaban J connectivity index is 2.36. The van der Waals surface area contributed by atoms with Crippen molar-refractivity contribution in [3.8, 4) is 0 Å². The Morgan fingerprint density at radius 1 is 1.42 bits per heavy atom. The van der Waals surface area contributed by atoms with Gasteiger partial charge in [-0.3, -0.25) is 4.90 Å². The van der Waals surface area contributed by atoms with E-state index in [4.69, 9.17) is 0 Å². The molecule has 1 rings (SSSR count). The second kappa shape index (κ2) is 5.23. The van der Waals surface area contributed by atoms with E-state index in [1.54, 1.807) is 0 Å². The molecule has 1 aliphatic rings. The maximum atomic E-state index is 3.60. The fraction of sp³-hybridized carbons (Fsp3) is 1.00. The summed E-state index contributed by atoms with van der Waals surface area (Å²) < 4.78 is 0. The zero-order chi connectivity index (χ0) is 8.97. The molecular formula is C10H20BrN. The lowest BCUT2D eigenvalue weighted by molar-refractivity contribution is 0.147. The third-order valence-electron chi connectivity index (χ3n) is 2.53. The summed E-state index contributed by atoms with van der Waals surface area (Å²) in [4.78, 5) is 2.64. The summed E-state index contributed by atoms with van der Waals surface area (Å²) in [6.07, 6.45) is 4.21. The molecule has 0 aromatic carbocycles. The van der Waals surface area contributed by atoms with E-state index in [1.807, 2.05) is 0 Å². The van der Waals surface area contributed by atoms with Crippen molar-refractivity contribution in [2.45, 2.75) is 39.2 Å². The topological polar surface area (TPSA) is 3.24 Å². The van der Waals surface area contributed by atoms with Crippen molar-refractivity contribution in [3.05, 3.63) is 0 Å². The molecule has 1 unspecified atom stereocenters. The molecule has 2 heteroatoms. The van der Waals surface area contributed by atoms with Crippen molar-refractivity contribution in [2.24, 2.45) is 5.92 Å². The molecule has 0 aromatic heterocycles. The second-order valence-corrected chi connectivity index (χ2v) is 4.84. The molecule has 72 valence electrons. The number of halogens is 1. The predicted octanol–water partition coefficient (Wildman–Crippen LogP) is 2.89. The van der Waals surface area contributed by atoms with Gasteiger partial charge in [0.1, 0.15) is 0 Å². The Kier molecular flexibility index (Phi) is 4.59. The summed E-state index contributed by atoms with van der Waals surface area (Å²) in [7, 11) is 0. The lowest BCUT2D eigenvalue weighted by Gasteiger charge is -2.35. The van der Waals surface area contributed by atoms with Gasteiger partial charge in [0.25, 0.3) is 0 Å². The van der Waals surface area contributed by atoms with Gasteiger partial charge in [0.2, 0.25) is 0 Å². The van der Waals surface area contributed by atoms with Crippen LogP contribution in [0.3, 0.4) is 0 Å². The van der Waals surface area contributed by atoms with Gasteiger partial charge >= 0.3 is 0 Å². The van der Waals surface area contributed by atoms with Crippen molar-refractivity contribution in [2.75, 3.05) is 18.4 Å². The Labute approximate surface area is 84.6 Å². The largest absolute Gasteiger partial charge is 0.299 e. The Hall–Kier alpha value is 0.440. The zero-order valence-corrected chi connectivity index (χ0v) is 9.81. The smallest absolute Gasteiger partial charge is 0.0192 e. The summed E-state index contributed by atoms with van der Waals surface area (Å²) in [5, 5.41) is 1.15. The van der Waals surface area contributed by atoms with E-state index in [1.165, 1.54) is 32.4 Å². The highest BCUT2D eigenvalue weighted by atomic mass is 79.9. The highest BCUT2D eigenvalue weighted by Gasteiger charge is 2.21. The van der Waals surface area contributed by atoms with Gasteiger partial charge in [0.15, 0.2) is 0 Å². The van der Waals surface area contributed by atoms with Crippen LogP contribution >= 0.6 is 15.9 Å².